The van der Waals surface area contributed by atoms with Crippen LogP contribution in [0.3, 0.4) is 0 Å². The highest BCUT2D eigenvalue weighted by molar-refractivity contribution is 5.69. The molecule has 0 bridgehead atoms. The summed E-state index contributed by atoms with van der Waals surface area (Å²) in [5, 5.41) is 0. The molecule has 0 aliphatic rings. The van der Waals surface area contributed by atoms with E-state index in [0.29, 0.717) is 39.6 Å². The Morgan fingerprint density at radius 2 is 0.933 bits per heavy atom. The van der Waals surface area contributed by atoms with Crippen LogP contribution in [0.15, 0.2) is 0 Å². The molecule has 0 radical (unpaired) electrons. The maximum absolute atomic E-state index is 11.6. The summed E-state index contributed by atoms with van der Waals surface area (Å²) in [6, 6.07) is 0. The molecule has 0 rings (SSSR count). The molecule has 0 amide bonds. The molecule has 0 spiro atoms. The van der Waals surface area contributed by atoms with E-state index in [1.165, 1.54) is 25.7 Å². The Labute approximate surface area is 184 Å². The minimum Gasteiger partial charge on any atom is -0.466 e. The standard InChI is InChI=1S/C24H46O6/c1-21(2)11-7-5-9-15-29-23(25)13-17-27-19-20-28-18-14-24(26)30-16-10-6-8-12-22(3)4/h21-22H,5-20H2,1-4H3. The molecular weight excluding hydrogens is 384 g/mol. The van der Waals surface area contributed by atoms with Crippen molar-refractivity contribution in [3.63, 3.8) is 0 Å². The van der Waals surface area contributed by atoms with Gasteiger partial charge in [0.15, 0.2) is 0 Å². The first-order valence-electron chi connectivity index (χ1n) is 11.9. The van der Waals surface area contributed by atoms with Gasteiger partial charge in [-0.1, -0.05) is 66.2 Å². The Morgan fingerprint density at radius 1 is 0.533 bits per heavy atom. The average molecular weight is 431 g/mol. The highest BCUT2D eigenvalue weighted by Crippen LogP contribution is 2.09. The Balaban J connectivity index is 3.29. The van der Waals surface area contributed by atoms with E-state index in [9.17, 15) is 9.59 Å². The lowest BCUT2D eigenvalue weighted by Crippen LogP contribution is -2.13. The topological polar surface area (TPSA) is 71.1 Å². The molecule has 178 valence electrons. The Bertz CT molecular complexity index is 371. The van der Waals surface area contributed by atoms with Crippen molar-refractivity contribution in [1.82, 2.24) is 0 Å². The van der Waals surface area contributed by atoms with Gasteiger partial charge >= 0.3 is 11.9 Å². The van der Waals surface area contributed by atoms with Crippen molar-refractivity contribution in [2.45, 2.75) is 91.9 Å². The lowest BCUT2D eigenvalue weighted by atomic mass is 10.1. The van der Waals surface area contributed by atoms with Crippen molar-refractivity contribution >= 4 is 11.9 Å². The molecule has 0 aromatic rings. The number of carbonyl (C=O) groups is 2. The summed E-state index contributed by atoms with van der Waals surface area (Å²) in [7, 11) is 0. The number of hydrogen-bond donors (Lipinski definition) is 0. The van der Waals surface area contributed by atoms with Gasteiger partial charge in [-0.15, -0.1) is 0 Å². The molecule has 30 heavy (non-hydrogen) atoms. The molecule has 0 saturated heterocycles. The second-order valence-electron chi connectivity index (χ2n) is 8.65. The van der Waals surface area contributed by atoms with Gasteiger partial charge in [-0.25, -0.2) is 0 Å². The molecule has 0 atom stereocenters. The zero-order valence-corrected chi connectivity index (χ0v) is 19.9. The van der Waals surface area contributed by atoms with E-state index in [0.717, 1.165) is 37.5 Å². The summed E-state index contributed by atoms with van der Waals surface area (Å²) in [4.78, 5) is 23.2. The lowest BCUT2D eigenvalue weighted by Gasteiger charge is -2.08. The summed E-state index contributed by atoms with van der Waals surface area (Å²) in [6.45, 7) is 11.3. The molecule has 0 aliphatic heterocycles. The summed E-state index contributed by atoms with van der Waals surface area (Å²) >= 11 is 0. The second kappa shape index (κ2) is 21.1. The van der Waals surface area contributed by atoms with Crippen LogP contribution >= 0.6 is 0 Å². The molecule has 6 heteroatoms. The van der Waals surface area contributed by atoms with E-state index in [1.54, 1.807) is 0 Å². The van der Waals surface area contributed by atoms with Gasteiger partial charge in [0.2, 0.25) is 0 Å². The minimum absolute atomic E-state index is 0.216. The van der Waals surface area contributed by atoms with Crippen molar-refractivity contribution in [2.24, 2.45) is 11.8 Å². The van der Waals surface area contributed by atoms with Crippen LogP contribution in [0.1, 0.15) is 91.9 Å². The van der Waals surface area contributed by atoms with E-state index >= 15 is 0 Å². The van der Waals surface area contributed by atoms with Crippen LogP contribution in [-0.2, 0) is 28.5 Å². The van der Waals surface area contributed by atoms with E-state index < -0.39 is 0 Å². The maximum atomic E-state index is 11.6. The first-order valence-corrected chi connectivity index (χ1v) is 11.9. The minimum atomic E-state index is -0.216. The van der Waals surface area contributed by atoms with Crippen molar-refractivity contribution in [3.8, 4) is 0 Å². The summed E-state index contributed by atoms with van der Waals surface area (Å²) in [6.07, 6.45) is 9.40. The molecule has 0 aliphatic carbocycles. The van der Waals surface area contributed by atoms with Crippen LogP contribution in [-0.4, -0.2) is 51.6 Å². The Morgan fingerprint density at radius 3 is 1.30 bits per heavy atom. The summed E-state index contributed by atoms with van der Waals surface area (Å²) in [5.41, 5.74) is 0. The third-order valence-electron chi connectivity index (χ3n) is 4.65. The fourth-order valence-corrected chi connectivity index (χ4v) is 2.81. The van der Waals surface area contributed by atoms with E-state index in [4.69, 9.17) is 18.9 Å². The van der Waals surface area contributed by atoms with Crippen molar-refractivity contribution in [1.29, 1.82) is 0 Å². The predicted molar refractivity (Wildman–Crippen MR) is 119 cm³/mol. The molecule has 0 heterocycles. The van der Waals surface area contributed by atoms with Gasteiger partial charge in [0.05, 0.1) is 52.5 Å². The van der Waals surface area contributed by atoms with Gasteiger partial charge in [-0.05, 0) is 24.7 Å². The van der Waals surface area contributed by atoms with Gasteiger partial charge in [-0.3, -0.25) is 9.59 Å². The molecule has 0 saturated carbocycles. The highest BCUT2D eigenvalue weighted by atomic mass is 16.5. The van der Waals surface area contributed by atoms with Crippen LogP contribution in [0.2, 0.25) is 0 Å². The van der Waals surface area contributed by atoms with Gasteiger partial charge < -0.3 is 18.9 Å². The van der Waals surface area contributed by atoms with Crippen LogP contribution in [0.25, 0.3) is 0 Å². The van der Waals surface area contributed by atoms with Gasteiger partial charge in [0, 0.05) is 0 Å². The third-order valence-corrected chi connectivity index (χ3v) is 4.65. The zero-order chi connectivity index (χ0) is 22.5. The van der Waals surface area contributed by atoms with E-state index in [1.807, 2.05) is 0 Å². The SMILES string of the molecule is CC(C)CCCCCOC(=O)CCOCCOCCC(=O)OCCCCCC(C)C. The van der Waals surface area contributed by atoms with Crippen LogP contribution in [0.5, 0.6) is 0 Å². The van der Waals surface area contributed by atoms with E-state index in [2.05, 4.69) is 27.7 Å². The molecule has 0 fully saturated rings. The lowest BCUT2D eigenvalue weighted by molar-refractivity contribution is -0.146. The quantitative estimate of drug-likeness (QED) is 0.181. The third kappa shape index (κ3) is 23.1. The number of ether oxygens (including phenoxy) is 4. The van der Waals surface area contributed by atoms with Crippen LogP contribution in [0.4, 0.5) is 0 Å². The predicted octanol–water partition coefficient (Wildman–Crippen LogP) is 5.32. The van der Waals surface area contributed by atoms with Crippen molar-refractivity contribution in [2.75, 3.05) is 39.6 Å². The fourth-order valence-electron chi connectivity index (χ4n) is 2.81. The monoisotopic (exact) mass is 430 g/mol. The summed E-state index contributed by atoms with van der Waals surface area (Å²) in [5.74, 6) is 1.03. The zero-order valence-electron chi connectivity index (χ0n) is 19.9. The van der Waals surface area contributed by atoms with Gasteiger partial charge in [-0.2, -0.15) is 0 Å². The first kappa shape index (κ1) is 28.9. The molecule has 0 aromatic heterocycles. The number of rotatable bonds is 21. The van der Waals surface area contributed by atoms with Crippen molar-refractivity contribution in [3.05, 3.63) is 0 Å². The number of hydrogen-bond acceptors (Lipinski definition) is 6. The number of esters is 2. The van der Waals surface area contributed by atoms with E-state index in [-0.39, 0.29) is 24.8 Å². The Hall–Kier alpha value is -1.14. The Kier molecular flexibility index (Phi) is 20.3. The molecule has 0 unspecified atom stereocenters. The maximum Gasteiger partial charge on any atom is 0.308 e. The molecule has 0 N–H and O–H groups in total. The highest BCUT2D eigenvalue weighted by Gasteiger charge is 2.05. The number of carbonyl (C=O) groups excluding carboxylic acids is 2. The molecule has 0 aromatic carbocycles. The second-order valence-corrected chi connectivity index (χ2v) is 8.65. The largest absolute Gasteiger partial charge is 0.466 e. The van der Waals surface area contributed by atoms with Crippen LogP contribution < -0.4 is 0 Å². The fraction of sp³-hybridized carbons (Fsp3) is 0.917. The molecule has 6 nitrogen and oxygen atoms in total. The van der Waals surface area contributed by atoms with Gasteiger partial charge in [0.1, 0.15) is 0 Å². The summed E-state index contributed by atoms with van der Waals surface area (Å²) < 4.78 is 21.1. The smallest absolute Gasteiger partial charge is 0.308 e. The average Bonchev–Trinajstić information content (AvgIpc) is 2.68. The first-order chi connectivity index (χ1) is 14.4. The molecular formula is C24H46O6. The number of unbranched alkanes of at least 4 members (excludes halogenated alkanes) is 4. The van der Waals surface area contributed by atoms with Crippen LogP contribution in [0, 0.1) is 11.8 Å². The van der Waals surface area contributed by atoms with Crippen molar-refractivity contribution < 1.29 is 28.5 Å². The normalized spacial score (nSPS) is 11.3. The van der Waals surface area contributed by atoms with Gasteiger partial charge in [0.25, 0.3) is 0 Å².